The molecule has 0 amide bonds. The van der Waals surface area contributed by atoms with Crippen LogP contribution in [0.15, 0.2) is 11.8 Å². The molecule has 0 aromatic rings. The van der Waals surface area contributed by atoms with Crippen LogP contribution in [0.25, 0.3) is 0 Å². The number of rotatable bonds is 3. The first-order valence-electron chi connectivity index (χ1n) is 7.13. The van der Waals surface area contributed by atoms with Gasteiger partial charge in [0.25, 0.3) is 0 Å². The van der Waals surface area contributed by atoms with Crippen molar-refractivity contribution in [1.29, 1.82) is 0 Å². The minimum Gasteiger partial charge on any atom is -0.466 e. The van der Waals surface area contributed by atoms with Gasteiger partial charge in [-0.1, -0.05) is 6.92 Å². The minimum atomic E-state index is -0.800. The van der Waals surface area contributed by atoms with Crippen molar-refractivity contribution in [2.24, 2.45) is 17.8 Å². The zero-order chi connectivity index (χ0) is 16.4. The molecule has 1 aliphatic carbocycles. The summed E-state index contributed by atoms with van der Waals surface area (Å²) in [7, 11) is 1.27. The minimum absolute atomic E-state index is 0.0482. The van der Waals surface area contributed by atoms with Gasteiger partial charge in [-0.3, -0.25) is 9.59 Å². The van der Waals surface area contributed by atoms with Gasteiger partial charge in [-0.05, 0) is 12.3 Å². The molecule has 0 saturated heterocycles. The Hall–Kier alpha value is -2.05. The molecule has 2 aliphatic rings. The zero-order valence-electron chi connectivity index (χ0n) is 13.0. The third kappa shape index (κ3) is 3.08. The molecule has 0 bridgehead atoms. The summed E-state index contributed by atoms with van der Waals surface area (Å²) in [5.41, 5.74) is 0.298. The van der Waals surface area contributed by atoms with E-state index >= 15 is 0 Å². The van der Waals surface area contributed by atoms with Gasteiger partial charge in [0.1, 0.15) is 6.10 Å². The Balaban J connectivity index is 2.34. The lowest BCUT2D eigenvalue weighted by molar-refractivity contribution is -0.188. The molecule has 1 heterocycles. The molecular weight excluding hydrogens is 292 g/mol. The molecule has 1 fully saturated rings. The molecular formula is C15H20O7. The highest BCUT2D eigenvalue weighted by Gasteiger charge is 2.54. The van der Waals surface area contributed by atoms with E-state index in [4.69, 9.17) is 18.9 Å². The second-order valence-corrected chi connectivity index (χ2v) is 5.64. The van der Waals surface area contributed by atoms with Crippen LogP contribution in [0, 0.1) is 17.8 Å². The van der Waals surface area contributed by atoms with Crippen LogP contribution in [-0.4, -0.2) is 37.4 Å². The van der Waals surface area contributed by atoms with Gasteiger partial charge < -0.3 is 18.9 Å². The van der Waals surface area contributed by atoms with Crippen molar-refractivity contribution in [1.82, 2.24) is 0 Å². The summed E-state index contributed by atoms with van der Waals surface area (Å²) >= 11 is 0. The van der Waals surface area contributed by atoms with Gasteiger partial charge >= 0.3 is 17.9 Å². The maximum absolute atomic E-state index is 12.0. The Morgan fingerprint density at radius 1 is 1.18 bits per heavy atom. The molecule has 2 rings (SSSR count). The summed E-state index contributed by atoms with van der Waals surface area (Å²) in [6.45, 7) is 4.56. The van der Waals surface area contributed by atoms with Gasteiger partial charge in [-0.2, -0.15) is 0 Å². The van der Waals surface area contributed by atoms with E-state index in [1.807, 2.05) is 6.92 Å². The maximum atomic E-state index is 12.0. The predicted molar refractivity (Wildman–Crippen MR) is 73.1 cm³/mol. The Kier molecular flexibility index (Phi) is 4.73. The van der Waals surface area contributed by atoms with Crippen molar-refractivity contribution in [2.75, 3.05) is 7.11 Å². The Morgan fingerprint density at radius 3 is 2.36 bits per heavy atom. The Bertz CT molecular complexity index is 510. The molecule has 0 radical (unpaired) electrons. The third-order valence-corrected chi connectivity index (χ3v) is 4.10. The van der Waals surface area contributed by atoms with E-state index in [-0.39, 0.29) is 11.8 Å². The molecule has 5 atom stereocenters. The summed E-state index contributed by atoms with van der Waals surface area (Å²) < 4.78 is 20.7. The van der Waals surface area contributed by atoms with Crippen LogP contribution in [0.3, 0.4) is 0 Å². The van der Waals surface area contributed by atoms with E-state index in [2.05, 4.69) is 0 Å². The monoisotopic (exact) mass is 312 g/mol. The summed E-state index contributed by atoms with van der Waals surface area (Å²) in [5.74, 6) is -2.06. The number of ether oxygens (including phenoxy) is 4. The number of esters is 3. The van der Waals surface area contributed by atoms with Crippen LogP contribution in [0.2, 0.25) is 0 Å². The molecule has 1 saturated carbocycles. The lowest BCUT2D eigenvalue weighted by Gasteiger charge is -2.35. The SMILES string of the molecule is COC(=O)C1=COC(OC(C)=O)C2C(C)CC(OC(C)=O)C12. The highest BCUT2D eigenvalue weighted by atomic mass is 16.7. The standard InChI is InChI=1S/C15H20O7/c1-7-5-11(21-8(2)16)13-10(14(18)19-4)6-20-15(12(7)13)22-9(3)17/h6-7,11-13,15H,5H2,1-4H3. The first kappa shape index (κ1) is 16.3. The van der Waals surface area contributed by atoms with E-state index < -0.39 is 36.2 Å². The number of hydrogen-bond donors (Lipinski definition) is 0. The maximum Gasteiger partial charge on any atom is 0.337 e. The highest BCUT2D eigenvalue weighted by molar-refractivity contribution is 5.89. The van der Waals surface area contributed by atoms with Crippen LogP contribution in [-0.2, 0) is 33.3 Å². The van der Waals surface area contributed by atoms with Gasteiger partial charge in [0.05, 0.1) is 18.9 Å². The van der Waals surface area contributed by atoms with Crippen LogP contribution in [0.4, 0.5) is 0 Å². The highest BCUT2D eigenvalue weighted by Crippen LogP contribution is 2.48. The van der Waals surface area contributed by atoms with E-state index in [9.17, 15) is 14.4 Å². The number of hydrogen-bond acceptors (Lipinski definition) is 7. The number of carbonyl (C=O) groups is 3. The second kappa shape index (κ2) is 6.37. The Morgan fingerprint density at radius 2 is 1.82 bits per heavy atom. The fourth-order valence-electron chi connectivity index (χ4n) is 3.33. The Labute approximate surface area is 128 Å². The molecule has 7 heteroatoms. The topological polar surface area (TPSA) is 88.1 Å². The zero-order valence-corrected chi connectivity index (χ0v) is 13.0. The summed E-state index contributed by atoms with van der Waals surface area (Å²) in [5, 5.41) is 0. The van der Waals surface area contributed by atoms with E-state index in [0.717, 1.165) is 0 Å². The van der Waals surface area contributed by atoms with E-state index in [1.165, 1.54) is 27.2 Å². The van der Waals surface area contributed by atoms with E-state index in [0.29, 0.717) is 12.0 Å². The molecule has 22 heavy (non-hydrogen) atoms. The van der Waals surface area contributed by atoms with Crippen molar-refractivity contribution in [3.63, 3.8) is 0 Å². The van der Waals surface area contributed by atoms with Crippen molar-refractivity contribution in [3.05, 3.63) is 11.8 Å². The van der Waals surface area contributed by atoms with Crippen LogP contribution in [0.1, 0.15) is 27.2 Å². The third-order valence-electron chi connectivity index (χ3n) is 4.10. The normalized spacial score (nSPS) is 33.1. The predicted octanol–water partition coefficient (Wildman–Crippen LogP) is 1.17. The molecule has 122 valence electrons. The van der Waals surface area contributed by atoms with Crippen LogP contribution < -0.4 is 0 Å². The fourth-order valence-corrected chi connectivity index (χ4v) is 3.33. The summed E-state index contributed by atoms with van der Waals surface area (Å²) in [6, 6.07) is 0. The second-order valence-electron chi connectivity index (χ2n) is 5.64. The van der Waals surface area contributed by atoms with Gasteiger partial charge in [0.2, 0.25) is 6.29 Å². The molecule has 1 aliphatic heterocycles. The quantitative estimate of drug-likeness (QED) is 0.571. The smallest absolute Gasteiger partial charge is 0.337 e. The first-order chi connectivity index (χ1) is 10.3. The van der Waals surface area contributed by atoms with Crippen molar-refractivity contribution < 1.29 is 33.3 Å². The average molecular weight is 312 g/mol. The van der Waals surface area contributed by atoms with Crippen molar-refractivity contribution in [3.8, 4) is 0 Å². The van der Waals surface area contributed by atoms with Crippen molar-refractivity contribution in [2.45, 2.75) is 39.6 Å². The summed E-state index contributed by atoms with van der Waals surface area (Å²) in [4.78, 5) is 34.5. The largest absolute Gasteiger partial charge is 0.466 e. The van der Waals surface area contributed by atoms with Gasteiger partial charge in [0, 0.05) is 25.7 Å². The van der Waals surface area contributed by atoms with Gasteiger partial charge in [0.15, 0.2) is 0 Å². The molecule has 5 unspecified atom stereocenters. The number of methoxy groups -OCH3 is 1. The summed E-state index contributed by atoms with van der Waals surface area (Å²) in [6.07, 6.45) is 0.538. The molecule has 0 N–H and O–H groups in total. The lowest BCUT2D eigenvalue weighted by atomic mass is 9.82. The first-order valence-corrected chi connectivity index (χ1v) is 7.13. The number of carbonyl (C=O) groups excluding carboxylic acids is 3. The van der Waals surface area contributed by atoms with Gasteiger partial charge in [-0.15, -0.1) is 0 Å². The molecule has 7 nitrogen and oxygen atoms in total. The van der Waals surface area contributed by atoms with Gasteiger partial charge in [-0.25, -0.2) is 4.79 Å². The average Bonchev–Trinajstić information content (AvgIpc) is 2.74. The van der Waals surface area contributed by atoms with E-state index in [1.54, 1.807) is 0 Å². The molecule has 0 aromatic heterocycles. The van der Waals surface area contributed by atoms with Crippen molar-refractivity contribution >= 4 is 17.9 Å². The lowest BCUT2D eigenvalue weighted by Crippen LogP contribution is -2.41. The fraction of sp³-hybridized carbons (Fsp3) is 0.667. The molecule has 0 spiro atoms. The number of fused-ring (bicyclic) bond motifs is 1. The van der Waals surface area contributed by atoms with Crippen LogP contribution in [0.5, 0.6) is 0 Å². The molecule has 0 aromatic carbocycles. The van der Waals surface area contributed by atoms with Crippen LogP contribution >= 0.6 is 0 Å².